The Morgan fingerprint density at radius 1 is 0.967 bits per heavy atom. The molecule has 3 saturated heterocycles. The van der Waals surface area contributed by atoms with Crippen LogP contribution in [0.15, 0.2) is 0 Å². The van der Waals surface area contributed by atoms with E-state index in [1.807, 2.05) is 0 Å². The molecule has 0 bridgehead atoms. The monoisotopic (exact) mass is 423 g/mol. The van der Waals surface area contributed by atoms with Gasteiger partial charge in [-0.2, -0.15) is 0 Å². The maximum absolute atomic E-state index is 13.2. The molecule has 11 nitrogen and oxygen atoms in total. The number of rotatable bonds is 7. The number of aliphatic carboxylic acids is 1. The lowest BCUT2D eigenvalue weighted by Crippen LogP contribution is -2.56. The largest absolute Gasteiger partial charge is 0.480 e. The lowest BCUT2D eigenvalue weighted by molar-refractivity contribution is -0.148. The van der Waals surface area contributed by atoms with Crippen molar-refractivity contribution in [3.8, 4) is 0 Å². The molecule has 0 radical (unpaired) electrons. The van der Waals surface area contributed by atoms with Crippen molar-refractivity contribution < 1.29 is 29.1 Å². The molecule has 3 heterocycles. The SMILES string of the molecule is NC(=O)CC(NC(=O)C1CCCN1C(=O)C1CCCN1C(=O)C1CCCN1)C(=O)O. The third kappa shape index (κ3) is 4.72. The predicted octanol–water partition coefficient (Wildman–Crippen LogP) is -1.83. The van der Waals surface area contributed by atoms with Gasteiger partial charge in [-0.05, 0) is 45.1 Å². The molecule has 0 aromatic rings. The quantitative estimate of drug-likeness (QED) is 0.374. The van der Waals surface area contributed by atoms with Gasteiger partial charge in [0.15, 0.2) is 0 Å². The molecular formula is C19H29N5O6. The summed E-state index contributed by atoms with van der Waals surface area (Å²) in [6.45, 7) is 1.66. The first-order valence-corrected chi connectivity index (χ1v) is 10.5. The molecule has 0 aromatic heterocycles. The highest BCUT2D eigenvalue weighted by molar-refractivity contribution is 5.95. The van der Waals surface area contributed by atoms with Crippen molar-refractivity contribution in [1.29, 1.82) is 0 Å². The number of hydrogen-bond acceptors (Lipinski definition) is 6. The van der Waals surface area contributed by atoms with E-state index in [-0.39, 0.29) is 17.9 Å². The average Bonchev–Trinajstić information content (AvgIpc) is 3.47. The van der Waals surface area contributed by atoms with Crippen LogP contribution in [0.1, 0.15) is 44.9 Å². The summed E-state index contributed by atoms with van der Waals surface area (Å²) in [7, 11) is 0. The summed E-state index contributed by atoms with van der Waals surface area (Å²) in [4.78, 5) is 64.2. The highest BCUT2D eigenvalue weighted by Gasteiger charge is 2.44. The predicted molar refractivity (Wildman–Crippen MR) is 104 cm³/mol. The van der Waals surface area contributed by atoms with E-state index in [9.17, 15) is 29.1 Å². The Kier molecular flexibility index (Phi) is 6.91. The van der Waals surface area contributed by atoms with E-state index in [0.717, 1.165) is 25.8 Å². The van der Waals surface area contributed by atoms with E-state index < -0.39 is 42.3 Å². The molecule has 166 valence electrons. The highest BCUT2D eigenvalue weighted by atomic mass is 16.4. The summed E-state index contributed by atoms with van der Waals surface area (Å²) in [6, 6.07) is -3.13. The van der Waals surface area contributed by atoms with E-state index >= 15 is 0 Å². The maximum atomic E-state index is 13.2. The number of amides is 4. The second kappa shape index (κ2) is 9.41. The summed E-state index contributed by atoms with van der Waals surface area (Å²) in [5, 5.41) is 14.7. The first kappa shape index (κ1) is 22.0. The van der Waals surface area contributed by atoms with Gasteiger partial charge in [0.1, 0.15) is 18.1 Å². The topological polar surface area (TPSA) is 162 Å². The zero-order chi connectivity index (χ0) is 21.8. The van der Waals surface area contributed by atoms with Gasteiger partial charge < -0.3 is 31.3 Å². The minimum absolute atomic E-state index is 0.0732. The second-order valence-electron chi connectivity index (χ2n) is 8.10. The molecule has 30 heavy (non-hydrogen) atoms. The van der Waals surface area contributed by atoms with Crippen LogP contribution in [0.3, 0.4) is 0 Å². The number of primary amides is 1. The fraction of sp³-hybridized carbons (Fsp3) is 0.737. The number of carboxylic acids is 1. The first-order chi connectivity index (χ1) is 14.3. The lowest BCUT2D eigenvalue weighted by Gasteiger charge is -2.32. The first-order valence-electron chi connectivity index (χ1n) is 10.5. The number of carboxylic acid groups (broad SMARTS) is 1. The molecule has 3 aliphatic rings. The number of hydrogen-bond donors (Lipinski definition) is 4. The Morgan fingerprint density at radius 2 is 1.60 bits per heavy atom. The molecule has 4 atom stereocenters. The molecule has 0 spiro atoms. The lowest BCUT2D eigenvalue weighted by atomic mass is 10.1. The average molecular weight is 423 g/mol. The molecule has 4 unspecified atom stereocenters. The van der Waals surface area contributed by atoms with Crippen molar-refractivity contribution in [3.63, 3.8) is 0 Å². The van der Waals surface area contributed by atoms with Crippen LogP contribution in [0.25, 0.3) is 0 Å². The van der Waals surface area contributed by atoms with Gasteiger partial charge in [-0.3, -0.25) is 19.2 Å². The van der Waals surface area contributed by atoms with Crippen molar-refractivity contribution in [3.05, 3.63) is 0 Å². The second-order valence-corrected chi connectivity index (χ2v) is 8.10. The molecule has 3 fully saturated rings. The van der Waals surface area contributed by atoms with E-state index in [0.29, 0.717) is 32.4 Å². The Morgan fingerprint density at radius 3 is 2.17 bits per heavy atom. The molecule has 0 aromatic carbocycles. The third-order valence-electron chi connectivity index (χ3n) is 6.04. The van der Waals surface area contributed by atoms with Crippen LogP contribution in [-0.4, -0.2) is 88.3 Å². The number of nitrogens with two attached hydrogens (primary N) is 1. The van der Waals surface area contributed by atoms with Crippen LogP contribution in [0.5, 0.6) is 0 Å². The van der Waals surface area contributed by atoms with E-state index in [4.69, 9.17) is 5.73 Å². The number of carbonyl (C=O) groups excluding carboxylic acids is 4. The summed E-state index contributed by atoms with van der Waals surface area (Å²) in [6.07, 6.45) is 3.41. The number of nitrogens with one attached hydrogen (secondary N) is 2. The van der Waals surface area contributed by atoms with Crippen LogP contribution in [0, 0.1) is 0 Å². The third-order valence-corrected chi connectivity index (χ3v) is 6.04. The van der Waals surface area contributed by atoms with E-state index in [1.54, 1.807) is 4.90 Å². The zero-order valence-electron chi connectivity index (χ0n) is 16.8. The fourth-order valence-electron chi connectivity index (χ4n) is 4.55. The van der Waals surface area contributed by atoms with E-state index in [1.165, 1.54) is 4.90 Å². The molecular weight excluding hydrogens is 394 g/mol. The summed E-state index contributed by atoms with van der Waals surface area (Å²) in [5.74, 6) is -3.19. The molecule has 4 amide bonds. The van der Waals surface area contributed by atoms with Gasteiger partial charge in [-0.25, -0.2) is 4.79 Å². The van der Waals surface area contributed by atoms with Gasteiger partial charge in [-0.1, -0.05) is 0 Å². The Balaban J connectivity index is 1.67. The van der Waals surface area contributed by atoms with Crippen molar-refractivity contribution in [1.82, 2.24) is 20.4 Å². The van der Waals surface area contributed by atoms with Gasteiger partial charge in [0.25, 0.3) is 0 Å². The van der Waals surface area contributed by atoms with Gasteiger partial charge in [0, 0.05) is 13.1 Å². The number of nitrogens with zero attached hydrogens (tertiary/aromatic N) is 2. The standard InChI is InChI=1S/C19H29N5O6/c20-15(25)10-12(19(29)30)22-16(26)13-5-2-8-23(13)18(28)14-6-3-9-24(14)17(27)11-4-1-7-21-11/h11-14,21H,1-10H2,(H2,20,25)(H,22,26)(H,29,30). The zero-order valence-corrected chi connectivity index (χ0v) is 16.8. The van der Waals surface area contributed by atoms with Crippen LogP contribution in [0.2, 0.25) is 0 Å². The molecule has 3 aliphatic heterocycles. The smallest absolute Gasteiger partial charge is 0.326 e. The van der Waals surface area contributed by atoms with Gasteiger partial charge >= 0.3 is 5.97 Å². The number of carbonyl (C=O) groups is 5. The summed E-state index contributed by atoms with van der Waals surface area (Å²) in [5.41, 5.74) is 5.05. The Hall–Kier alpha value is -2.69. The molecule has 5 N–H and O–H groups in total. The molecule has 0 saturated carbocycles. The van der Waals surface area contributed by atoms with Crippen molar-refractivity contribution in [2.24, 2.45) is 5.73 Å². The minimum atomic E-state index is -1.44. The highest BCUT2D eigenvalue weighted by Crippen LogP contribution is 2.26. The summed E-state index contributed by atoms with van der Waals surface area (Å²) < 4.78 is 0. The molecule has 0 aliphatic carbocycles. The van der Waals surface area contributed by atoms with E-state index in [2.05, 4.69) is 10.6 Å². The normalized spacial score (nSPS) is 27.1. The number of likely N-dealkylation sites (tertiary alicyclic amines) is 2. The Labute approximate surface area is 174 Å². The maximum Gasteiger partial charge on any atom is 0.326 e. The van der Waals surface area contributed by atoms with Crippen LogP contribution >= 0.6 is 0 Å². The van der Waals surface area contributed by atoms with Gasteiger partial charge in [-0.15, -0.1) is 0 Å². The van der Waals surface area contributed by atoms with Crippen LogP contribution < -0.4 is 16.4 Å². The minimum Gasteiger partial charge on any atom is -0.480 e. The molecule has 11 heteroatoms. The van der Waals surface area contributed by atoms with Crippen molar-refractivity contribution in [2.45, 2.75) is 69.1 Å². The molecule has 3 rings (SSSR count). The van der Waals surface area contributed by atoms with Gasteiger partial charge in [0.05, 0.1) is 12.5 Å². The Bertz CT molecular complexity index is 722. The van der Waals surface area contributed by atoms with Crippen LogP contribution in [-0.2, 0) is 24.0 Å². The summed E-state index contributed by atoms with van der Waals surface area (Å²) >= 11 is 0. The van der Waals surface area contributed by atoms with Crippen molar-refractivity contribution in [2.75, 3.05) is 19.6 Å². The fourth-order valence-corrected chi connectivity index (χ4v) is 4.55. The van der Waals surface area contributed by atoms with Crippen molar-refractivity contribution >= 4 is 29.6 Å². The van der Waals surface area contributed by atoms with Crippen LogP contribution in [0.4, 0.5) is 0 Å². The van der Waals surface area contributed by atoms with Gasteiger partial charge in [0.2, 0.25) is 23.6 Å².